The summed E-state index contributed by atoms with van der Waals surface area (Å²) in [6.45, 7) is 5.25. The van der Waals surface area contributed by atoms with Gasteiger partial charge in [-0.15, -0.1) is 0 Å². The average Bonchev–Trinajstić information content (AvgIpc) is 2.70. The second-order valence-corrected chi connectivity index (χ2v) is 9.59. The summed E-state index contributed by atoms with van der Waals surface area (Å²) in [5.74, 6) is -3.34. The first-order valence-electron chi connectivity index (χ1n) is 10.9. The summed E-state index contributed by atoms with van der Waals surface area (Å²) in [7, 11) is 1.27. The molecule has 2 amide bonds. The molecule has 1 heterocycles. The van der Waals surface area contributed by atoms with E-state index in [2.05, 4.69) is 0 Å². The molecule has 182 valence electrons. The van der Waals surface area contributed by atoms with Crippen LogP contribution in [0.5, 0.6) is 0 Å². The van der Waals surface area contributed by atoms with E-state index in [9.17, 15) is 28.3 Å². The van der Waals surface area contributed by atoms with Gasteiger partial charge in [0.05, 0.1) is 18.7 Å². The van der Waals surface area contributed by atoms with E-state index >= 15 is 0 Å². The van der Waals surface area contributed by atoms with Crippen molar-refractivity contribution in [2.24, 2.45) is 0 Å². The lowest BCUT2D eigenvalue weighted by molar-refractivity contribution is -0.133. The third kappa shape index (κ3) is 5.72. The third-order valence-electron chi connectivity index (χ3n) is 6.00. The molecule has 33 heavy (non-hydrogen) atoms. The maximum atomic E-state index is 13.7. The Morgan fingerprint density at radius 1 is 1.12 bits per heavy atom. The molecule has 1 saturated carbocycles. The van der Waals surface area contributed by atoms with Gasteiger partial charge in [-0.25, -0.2) is 23.2 Å². The molecule has 1 N–H and O–H groups in total. The second kappa shape index (κ2) is 9.15. The summed E-state index contributed by atoms with van der Waals surface area (Å²) in [5.41, 5.74) is 0.160. The molecule has 3 rings (SSSR count). The molecule has 1 aromatic carbocycles. The van der Waals surface area contributed by atoms with Crippen molar-refractivity contribution in [3.05, 3.63) is 35.4 Å². The molecule has 8 nitrogen and oxygen atoms in total. The van der Waals surface area contributed by atoms with Crippen molar-refractivity contribution in [1.82, 2.24) is 9.80 Å². The molecule has 2 unspecified atom stereocenters. The number of ether oxygens (including phenoxy) is 2. The van der Waals surface area contributed by atoms with Gasteiger partial charge in [0, 0.05) is 31.5 Å². The van der Waals surface area contributed by atoms with E-state index in [0.29, 0.717) is 17.5 Å². The SMILES string of the molecule is COC(=O)c1ccc(C2CC(N(C(=O)OC(C)(C)C)C3CC(F)(F)C3)CCN2C(=O)O)cc1. The summed E-state index contributed by atoms with van der Waals surface area (Å²) in [6.07, 6.45) is -2.13. The van der Waals surface area contributed by atoms with Crippen LogP contribution in [-0.2, 0) is 9.47 Å². The number of carbonyl (C=O) groups is 3. The van der Waals surface area contributed by atoms with Gasteiger partial charge >= 0.3 is 18.2 Å². The fourth-order valence-electron chi connectivity index (χ4n) is 4.44. The van der Waals surface area contributed by atoms with Gasteiger partial charge in [0.15, 0.2) is 0 Å². The van der Waals surface area contributed by atoms with E-state index in [0.717, 1.165) is 0 Å². The van der Waals surface area contributed by atoms with Crippen molar-refractivity contribution in [1.29, 1.82) is 0 Å². The Hall–Kier alpha value is -2.91. The molecule has 0 aromatic heterocycles. The highest BCUT2D eigenvalue weighted by atomic mass is 19.3. The zero-order valence-electron chi connectivity index (χ0n) is 19.2. The van der Waals surface area contributed by atoms with E-state index < -0.39 is 60.6 Å². The van der Waals surface area contributed by atoms with E-state index in [4.69, 9.17) is 9.47 Å². The Morgan fingerprint density at radius 3 is 2.21 bits per heavy atom. The Labute approximate surface area is 191 Å². The second-order valence-electron chi connectivity index (χ2n) is 9.59. The number of halogens is 2. The summed E-state index contributed by atoms with van der Waals surface area (Å²) < 4.78 is 37.5. The molecular weight excluding hydrogens is 438 g/mol. The minimum absolute atomic E-state index is 0.131. The highest BCUT2D eigenvalue weighted by Gasteiger charge is 2.52. The highest BCUT2D eigenvalue weighted by Crippen LogP contribution is 2.44. The summed E-state index contributed by atoms with van der Waals surface area (Å²) in [6, 6.07) is 4.62. The van der Waals surface area contributed by atoms with Crippen LogP contribution in [0, 0.1) is 0 Å². The third-order valence-corrected chi connectivity index (χ3v) is 6.00. The lowest BCUT2D eigenvalue weighted by atomic mass is 9.83. The molecule has 1 aromatic rings. The fraction of sp³-hybridized carbons (Fsp3) is 0.609. The number of carbonyl (C=O) groups excluding carboxylic acids is 2. The zero-order chi connectivity index (χ0) is 24.6. The van der Waals surface area contributed by atoms with Crippen LogP contribution in [0.4, 0.5) is 18.4 Å². The van der Waals surface area contributed by atoms with E-state index in [-0.39, 0.29) is 13.0 Å². The van der Waals surface area contributed by atoms with Crippen LogP contribution < -0.4 is 0 Å². The van der Waals surface area contributed by atoms with Crippen molar-refractivity contribution in [3.63, 3.8) is 0 Å². The van der Waals surface area contributed by atoms with Crippen molar-refractivity contribution in [2.45, 2.75) is 76.1 Å². The van der Waals surface area contributed by atoms with Gasteiger partial charge in [-0.05, 0) is 51.3 Å². The highest BCUT2D eigenvalue weighted by molar-refractivity contribution is 5.89. The number of benzene rings is 1. The molecule has 1 saturated heterocycles. The Bertz CT molecular complexity index is 891. The van der Waals surface area contributed by atoms with Crippen LogP contribution in [0.2, 0.25) is 0 Å². The van der Waals surface area contributed by atoms with Crippen LogP contribution in [0.15, 0.2) is 24.3 Å². The first-order chi connectivity index (χ1) is 15.3. The van der Waals surface area contributed by atoms with Gasteiger partial charge in [-0.2, -0.15) is 0 Å². The smallest absolute Gasteiger partial charge is 0.410 e. The number of piperidine rings is 1. The lowest BCUT2D eigenvalue weighted by Crippen LogP contribution is -2.59. The van der Waals surface area contributed by atoms with Gasteiger partial charge < -0.3 is 24.4 Å². The number of amides is 2. The number of esters is 1. The van der Waals surface area contributed by atoms with E-state index in [1.165, 1.54) is 16.9 Å². The predicted molar refractivity (Wildman–Crippen MR) is 114 cm³/mol. The Balaban J connectivity index is 1.87. The summed E-state index contributed by atoms with van der Waals surface area (Å²) >= 11 is 0. The maximum Gasteiger partial charge on any atom is 0.410 e. The predicted octanol–water partition coefficient (Wildman–Crippen LogP) is 4.69. The standard InChI is InChI=1S/C23H30F2N2O6/c1-22(2,3)33-21(31)27(17-12-23(24,25)13-17)16-9-10-26(20(29)30)18(11-16)14-5-7-15(8-6-14)19(28)32-4/h5-8,16-18H,9-13H2,1-4H3,(H,29,30). The minimum atomic E-state index is -2.82. The number of methoxy groups -OCH3 is 1. The molecule has 2 fully saturated rings. The summed E-state index contributed by atoms with van der Waals surface area (Å²) in [4.78, 5) is 39.3. The van der Waals surface area contributed by atoms with Gasteiger partial charge in [-0.1, -0.05) is 12.1 Å². The van der Waals surface area contributed by atoms with Gasteiger partial charge in [0.25, 0.3) is 5.92 Å². The largest absolute Gasteiger partial charge is 0.465 e. The van der Waals surface area contributed by atoms with Crippen LogP contribution in [0.25, 0.3) is 0 Å². The van der Waals surface area contributed by atoms with Crippen molar-refractivity contribution in [2.75, 3.05) is 13.7 Å². The fourth-order valence-corrected chi connectivity index (χ4v) is 4.44. The minimum Gasteiger partial charge on any atom is -0.465 e. The molecule has 0 radical (unpaired) electrons. The van der Waals surface area contributed by atoms with Gasteiger partial charge in [0.1, 0.15) is 5.60 Å². The van der Waals surface area contributed by atoms with E-state index in [1.54, 1.807) is 45.0 Å². The Morgan fingerprint density at radius 2 is 1.73 bits per heavy atom. The number of alkyl halides is 2. The Kier molecular flexibility index (Phi) is 6.85. The average molecular weight is 468 g/mol. The van der Waals surface area contributed by atoms with E-state index in [1.807, 2.05) is 0 Å². The van der Waals surface area contributed by atoms with Crippen LogP contribution in [0.1, 0.15) is 68.4 Å². The number of carboxylic acid groups (broad SMARTS) is 1. The number of rotatable bonds is 4. The number of hydrogen-bond donors (Lipinski definition) is 1. The van der Waals surface area contributed by atoms with Gasteiger partial charge in [0.2, 0.25) is 0 Å². The van der Waals surface area contributed by atoms with Crippen molar-refractivity contribution in [3.8, 4) is 0 Å². The van der Waals surface area contributed by atoms with Crippen molar-refractivity contribution < 1.29 is 37.7 Å². The molecule has 1 aliphatic carbocycles. The zero-order valence-corrected chi connectivity index (χ0v) is 19.2. The normalized spacial score (nSPS) is 22.8. The number of nitrogens with zero attached hydrogens (tertiary/aromatic N) is 2. The van der Waals surface area contributed by atoms with Crippen LogP contribution in [-0.4, -0.2) is 70.3 Å². The van der Waals surface area contributed by atoms with Crippen LogP contribution >= 0.6 is 0 Å². The number of hydrogen-bond acceptors (Lipinski definition) is 5. The van der Waals surface area contributed by atoms with Crippen molar-refractivity contribution >= 4 is 18.2 Å². The quantitative estimate of drug-likeness (QED) is 0.644. The molecule has 2 atom stereocenters. The molecule has 0 bridgehead atoms. The van der Waals surface area contributed by atoms with Crippen LogP contribution in [0.3, 0.4) is 0 Å². The molecule has 2 aliphatic rings. The number of likely N-dealkylation sites (tertiary alicyclic amines) is 1. The molecule has 0 spiro atoms. The maximum absolute atomic E-state index is 13.7. The lowest BCUT2D eigenvalue weighted by Gasteiger charge is -2.49. The first-order valence-corrected chi connectivity index (χ1v) is 10.9. The molecule has 1 aliphatic heterocycles. The topological polar surface area (TPSA) is 96.4 Å². The summed E-state index contributed by atoms with van der Waals surface area (Å²) in [5, 5.41) is 9.72. The van der Waals surface area contributed by atoms with Gasteiger partial charge in [-0.3, -0.25) is 0 Å². The molecular formula is C23H30F2N2O6. The molecule has 10 heteroatoms. The monoisotopic (exact) mass is 468 g/mol. The first kappa shape index (κ1) is 24.7.